The molecule has 0 heterocycles. The molecule has 1 fully saturated rings. The van der Waals surface area contributed by atoms with Gasteiger partial charge in [-0.2, -0.15) is 0 Å². The summed E-state index contributed by atoms with van der Waals surface area (Å²) in [6.07, 6.45) is 17.0. The van der Waals surface area contributed by atoms with Gasteiger partial charge in [0.25, 0.3) is 0 Å². The van der Waals surface area contributed by atoms with Crippen molar-refractivity contribution in [1.29, 1.82) is 0 Å². The van der Waals surface area contributed by atoms with Gasteiger partial charge in [0.15, 0.2) is 11.6 Å². The van der Waals surface area contributed by atoms with Crippen molar-refractivity contribution in [3.05, 3.63) is 47.0 Å². The molecule has 3 heteroatoms. The number of rotatable bonds is 12. The first kappa shape index (κ1) is 23.1. The molecule has 0 saturated heterocycles. The minimum absolute atomic E-state index is 0.183. The van der Waals surface area contributed by atoms with E-state index in [2.05, 4.69) is 13.0 Å². The summed E-state index contributed by atoms with van der Waals surface area (Å²) < 4.78 is 34.3. The molecule has 1 nitrogen and oxygen atoms in total. The van der Waals surface area contributed by atoms with E-state index in [0.29, 0.717) is 17.5 Å². The zero-order valence-electron chi connectivity index (χ0n) is 17.8. The molecule has 0 N–H and O–H groups in total. The second-order valence-corrected chi connectivity index (χ2v) is 8.32. The summed E-state index contributed by atoms with van der Waals surface area (Å²) in [6.45, 7) is 3.01. The maximum Gasteiger partial charge on any atom is 0.162 e. The van der Waals surface area contributed by atoms with Gasteiger partial charge in [0, 0.05) is 13.7 Å². The molecule has 0 bridgehead atoms. The highest BCUT2D eigenvalue weighted by molar-refractivity contribution is 5.30. The Hall–Kier alpha value is -1.22. The standard InChI is InChI=1S/C25H38F2O/c1-3-4-8-11-20-13-15-21(16-14-20)23-18-17-22(24(26)25(23)27)12-9-6-5-7-10-19-28-2/h6,9,17-18,20-21H,3-5,7-8,10-16,19H2,1-2H3/t20-,21-. The van der Waals surface area contributed by atoms with Crippen molar-refractivity contribution in [2.24, 2.45) is 5.92 Å². The van der Waals surface area contributed by atoms with Crippen LogP contribution < -0.4 is 0 Å². The molecule has 1 aliphatic carbocycles. The summed E-state index contributed by atoms with van der Waals surface area (Å²) in [7, 11) is 1.70. The number of unbranched alkanes of at least 4 members (excludes halogenated alkanes) is 4. The molecule has 0 spiro atoms. The molecule has 2 rings (SSSR count). The van der Waals surface area contributed by atoms with Crippen LogP contribution in [0.25, 0.3) is 0 Å². The third-order valence-corrected chi connectivity index (χ3v) is 6.17. The van der Waals surface area contributed by atoms with E-state index in [1.807, 2.05) is 12.1 Å². The molecule has 0 radical (unpaired) electrons. The topological polar surface area (TPSA) is 9.23 Å². The molecule has 0 aromatic heterocycles. The van der Waals surface area contributed by atoms with E-state index in [-0.39, 0.29) is 5.92 Å². The van der Waals surface area contributed by atoms with Gasteiger partial charge in [-0.15, -0.1) is 0 Å². The van der Waals surface area contributed by atoms with Gasteiger partial charge in [0.2, 0.25) is 0 Å². The molecule has 1 saturated carbocycles. The van der Waals surface area contributed by atoms with Crippen LogP contribution in [0.5, 0.6) is 0 Å². The Labute approximate surface area is 170 Å². The normalized spacial score (nSPS) is 20.1. The molecule has 0 atom stereocenters. The number of methoxy groups -OCH3 is 1. The molecule has 0 unspecified atom stereocenters. The van der Waals surface area contributed by atoms with Crippen molar-refractivity contribution >= 4 is 0 Å². The third-order valence-electron chi connectivity index (χ3n) is 6.17. The maximum absolute atomic E-state index is 14.7. The summed E-state index contributed by atoms with van der Waals surface area (Å²) in [5, 5.41) is 0. The van der Waals surface area contributed by atoms with E-state index in [9.17, 15) is 8.78 Å². The van der Waals surface area contributed by atoms with E-state index in [0.717, 1.165) is 57.5 Å². The van der Waals surface area contributed by atoms with Crippen LogP contribution in [0.4, 0.5) is 8.78 Å². The highest BCUT2D eigenvalue weighted by Crippen LogP contribution is 2.39. The van der Waals surface area contributed by atoms with Gasteiger partial charge < -0.3 is 4.74 Å². The molecule has 0 aliphatic heterocycles. The van der Waals surface area contributed by atoms with Crippen molar-refractivity contribution < 1.29 is 13.5 Å². The van der Waals surface area contributed by atoms with Crippen LogP contribution in [0.1, 0.15) is 94.6 Å². The first-order chi connectivity index (χ1) is 13.7. The Bertz CT molecular complexity index is 588. The van der Waals surface area contributed by atoms with E-state index in [1.165, 1.54) is 25.7 Å². The highest BCUT2D eigenvalue weighted by atomic mass is 19.2. The predicted molar refractivity (Wildman–Crippen MR) is 114 cm³/mol. The zero-order valence-corrected chi connectivity index (χ0v) is 17.8. The molecular weight excluding hydrogens is 354 g/mol. The van der Waals surface area contributed by atoms with Crippen molar-refractivity contribution in [2.45, 2.75) is 89.9 Å². The monoisotopic (exact) mass is 392 g/mol. The Morgan fingerprint density at radius 2 is 1.75 bits per heavy atom. The summed E-state index contributed by atoms with van der Waals surface area (Å²) in [4.78, 5) is 0. The Balaban J connectivity index is 1.84. The van der Waals surface area contributed by atoms with E-state index < -0.39 is 11.6 Å². The molecule has 0 amide bonds. The van der Waals surface area contributed by atoms with Gasteiger partial charge in [0.1, 0.15) is 0 Å². The van der Waals surface area contributed by atoms with Crippen LogP contribution in [-0.2, 0) is 11.2 Å². The highest BCUT2D eigenvalue weighted by Gasteiger charge is 2.25. The van der Waals surface area contributed by atoms with Gasteiger partial charge in [-0.05, 0) is 74.3 Å². The zero-order chi connectivity index (χ0) is 20.2. The molecule has 28 heavy (non-hydrogen) atoms. The Kier molecular flexibility index (Phi) is 10.8. The fourth-order valence-corrected chi connectivity index (χ4v) is 4.36. The summed E-state index contributed by atoms with van der Waals surface area (Å²) in [5.74, 6) is -0.293. The van der Waals surface area contributed by atoms with E-state index in [4.69, 9.17) is 4.74 Å². The van der Waals surface area contributed by atoms with E-state index in [1.54, 1.807) is 13.2 Å². The lowest BCUT2D eigenvalue weighted by molar-refractivity contribution is 0.193. The molecule has 158 valence electrons. The van der Waals surface area contributed by atoms with Crippen molar-refractivity contribution in [2.75, 3.05) is 13.7 Å². The van der Waals surface area contributed by atoms with Gasteiger partial charge >= 0.3 is 0 Å². The van der Waals surface area contributed by atoms with Crippen LogP contribution in [0.15, 0.2) is 24.3 Å². The maximum atomic E-state index is 14.7. The lowest BCUT2D eigenvalue weighted by Gasteiger charge is -2.29. The third kappa shape index (κ3) is 7.31. The van der Waals surface area contributed by atoms with Crippen molar-refractivity contribution in [3.8, 4) is 0 Å². The lowest BCUT2D eigenvalue weighted by Crippen LogP contribution is -2.15. The van der Waals surface area contributed by atoms with Crippen molar-refractivity contribution in [1.82, 2.24) is 0 Å². The first-order valence-electron chi connectivity index (χ1n) is 11.3. The lowest BCUT2D eigenvalue weighted by atomic mass is 9.76. The van der Waals surface area contributed by atoms with Gasteiger partial charge in [-0.25, -0.2) is 8.78 Å². The Morgan fingerprint density at radius 1 is 0.964 bits per heavy atom. The summed E-state index contributed by atoms with van der Waals surface area (Å²) >= 11 is 0. The number of ether oxygens (including phenoxy) is 1. The molecule has 1 aromatic rings. The smallest absolute Gasteiger partial charge is 0.162 e. The van der Waals surface area contributed by atoms with Crippen LogP contribution >= 0.6 is 0 Å². The van der Waals surface area contributed by atoms with Crippen LogP contribution in [-0.4, -0.2) is 13.7 Å². The van der Waals surface area contributed by atoms with Crippen LogP contribution in [0.2, 0.25) is 0 Å². The quantitative estimate of drug-likeness (QED) is 0.261. The van der Waals surface area contributed by atoms with Crippen LogP contribution in [0, 0.1) is 17.6 Å². The molecule has 1 aromatic carbocycles. The molecule has 1 aliphatic rings. The first-order valence-corrected chi connectivity index (χ1v) is 11.3. The fourth-order valence-electron chi connectivity index (χ4n) is 4.36. The average molecular weight is 393 g/mol. The van der Waals surface area contributed by atoms with Gasteiger partial charge in [-0.1, -0.05) is 56.9 Å². The summed E-state index contributed by atoms with van der Waals surface area (Å²) in [6, 6.07) is 3.62. The minimum atomic E-state index is -0.647. The van der Waals surface area contributed by atoms with Gasteiger partial charge in [0.05, 0.1) is 0 Å². The Morgan fingerprint density at radius 3 is 2.46 bits per heavy atom. The number of halogens is 2. The van der Waals surface area contributed by atoms with Gasteiger partial charge in [-0.3, -0.25) is 0 Å². The second kappa shape index (κ2) is 13.1. The van der Waals surface area contributed by atoms with E-state index >= 15 is 0 Å². The SMILES string of the molecule is CCCCC[C@H]1CC[C@H](c2ccc(CC=CCCCCOC)c(F)c2F)CC1. The number of benzene rings is 1. The fraction of sp³-hybridized carbons (Fsp3) is 0.680. The van der Waals surface area contributed by atoms with Crippen molar-refractivity contribution in [3.63, 3.8) is 0 Å². The minimum Gasteiger partial charge on any atom is -0.385 e. The van der Waals surface area contributed by atoms with Crippen LogP contribution in [0.3, 0.4) is 0 Å². The number of allylic oxidation sites excluding steroid dienone is 2. The number of hydrogen-bond donors (Lipinski definition) is 0. The largest absolute Gasteiger partial charge is 0.385 e. The summed E-state index contributed by atoms with van der Waals surface area (Å²) in [5.41, 5.74) is 1.06. The predicted octanol–water partition coefficient (Wildman–Crippen LogP) is 7.73. The molecular formula is C25H38F2O. The second-order valence-electron chi connectivity index (χ2n) is 8.32. The number of hydrogen-bond acceptors (Lipinski definition) is 1. The average Bonchev–Trinajstić information content (AvgIpc) is 2.71.